The molecule has 0 saturated heterocycles. The van der Waals surface area contributed by atoms with E-state index in [9.17, 15) is 9.18 Å². The van der Waals surface area contributed by atoms with Gasteiger partial charge >= 0.3 is 5.97 Å². The normalized spacial score (nSPS) is 10.1. The molecule has 0 spiro atoms. The van der Waals surface area contributed by atoms with E-state index in [1.54, 1.807) is 29.7 Å². The smallest absolute Gasteiger partial charge is 0.356 e. The zero-order chi connectivity index (χ0) is 14.7. The van der Waals surface area contributed by atoms with Gasteiger partial charge in [0, 0.05) is 5.56 Å². The Labute approximate surface area is 115 Å². The van der Waals surface area contributed by atoms with Crippen molar-refractivity contribution in [3.63, 3.8) is 0 Å². The van der Waals surface area contributed by atoms with Gasteiger partial charge < -0.3 is 9.30 Å². The van der Waals surface area contributed by atoms with Gasteiger partial charge in [-0.2, -0.15) is 5.26 Å². The lowest BCUT2D eigenvalue weighted by atomic mass is 10.1. The molecule has 0 aliphatic heterocycles. The van der Waals surface area contributed by atoms with Crippen molar-refractivity contribution in [2.75, 3.05) is 7.11 Å². The van der Waals surface area contributed by atoms with Crippen LogP contribution in [-0.2, 0) is 11.3 Å². The molecule has 102 valence electrons. The SMILES string of the molecule is COC(=O)c1cnc(C)n1Cc1cccc(C#N)c1F. The van der Waals surface area contributed by atoms with Crippen molar-refractivity contribution in [3.05, 3.63) is 52.9 Å². The minimum absolute atomic E-state index is 0.0279. The van der Waals surface area contributed by atoms with Gasteiger partial charge in [0.15, 0.2) is 0 Å². The number of aromatic nitrogens is 2. The average molecular weight is 273 g/mol. The number of aryl methyl sites for hydroxylation is 1. The molecule has 0 unspecified atom stereocenters. The lowest BCUT2D eigenvalue weighted by molar-refractivity contribution is 0.0588. The topological polar surface area (TPSA) is 67.9 Å². The van der Waals surface area contributed by atoms with Crippen molar-refractivity contribution < 1.29 is 13.9 Å². The molecule has 0 N–H and O–H groups in total. The standard InChI is InChI=1S/C14H12FN3O2/c1-9-17-7-12(14(19)20-2)18(9)8-11-5-3-4-10(6-16)13(11)15/h3-5,7H,8H2,1-2H3. The number of benzene rings is 1. The van der Waals surface area contributed by atoms with Crippen LogP contribution >= 0.6 is 0 Å². The summed E-state index contributed by atoms with van der Waals surface area (Å²) in [5.41, 5.74) is 0.530. The fourth-order valence-corrected chi connectivity index (χ4v) is 1.89. The van der Waals surface area contributed by atoms with Gasteiger partial charge in [0.1, 0.15) is 23.4 Å². The highest BCUT2D eigenvalue weighted by Crippen LogP contribution is 2.16. The molecule has 1 aromatic carbocycles. The van der Waals surface area contributed by atoms with E-state index in [1.807, 2.05) is 0 Å². The third-order valence-electron chi connectivity index (χ3n) is 2.98. The third kappa shape index (κ3) is 2.38. The number of carbonyl (C=O) groups excluding carboxylic acids is 1. The number of methoxy groups -OCH3 is 1. The van der Waals surface area contributed by atoms with Crippen LogP contribution in [0.3, 0.4) is 0 Å². The van der Waals surface area contributed by atoms with Gasteiger partial charge in [-0.15, -0.1) is 0 Å². The summed E-state index contributed by atoms with van der Waals surface area (Å²) < 4.78 is 20.2. The van der Waals surface area contributed by atoms with Gasteiger partial charge in [-0.1, -0.05) is 12.1 Å². The van der Waals surface area contributed by atoms with E-state index >= 15 is 0 Å². The second-order valence-corrected chi connectivity index (χ2v) is 4.16. The van der Waals surface area contributed by atoms with Crippen molar-refractivity contribution in [3.8, 4) is 6.07 Å². The highest BCUT2D eigenvalue weighted by Gasteiger charge is 2.17. The Morgan fingerprint density at radius 1 is 1.55 bits per heavy atom. The van der Waals surface area contributed by atoms with Gasteiger partial charge in [0.05, 0.1) is 25.4 Å². The minimum atomic E-state index is -0.584. The maximum absolute atomic E-state index is 14.0. The van der Waals surface area contributed by atoms with Crippen molar-refractivity contribution in [1.29, 1.82) is 5.26 Å². The zero-order valence-corrected chi connectivity index (χ0v) is 11.1. The molecule has 6 heteroatoms. The summed E-state index contributed by atoms with van der Waals surface area (Å²) in [6.07, 6.45) is 1.38. The van der Waals surface area contributed by atoms with Crippen LogP contribution < -0.4 is 0 Å². The second-order valence-electron chi connectivity index (χ2n) is 4.16. The predicted molar refractivity (Wildman–Crippen MR) is 68.5 cm³/mol. The Bertz CT molecular complexity index is 701. The first-order chi connectivity index (χ1) is 9.58. The lowest BCUT2D eigenvalue weighted by Crippen LogP contribution is -2.13. The molecule has 0 radical (unpaired) electrons. The zero-order valence-electron chi connectivity index (χ0n) is 11.1. The van der Waals surface area contributed by atoms with Gasteiger partial charge in [-0.3, -0.25) is 0 Å². The number of rotatable bonds is 3. The number of hydrogen-bond acceptors (Lipinski definition) is 4. The van der Waals surface area contributed by atoms with E-state index in [2.05, 4.69) is 9.72 Å². The quantitative estimate of drug-likeness (QED) is 0.802. The molecule has 0 amide bonds. The summed E-state index contributed by atoms with van der Waals surface area (Å²) in [7, 11) is 1.27. The number of ether oxygens (including phenoxy) is 1. The van der Waals surface area contributed by atoms with E-state index in [-0.39, 0.29) is 17.8 Å². The Balaban J connectivity index is 2.43. The van der Waals surface area contributed by atoms with Crippen molar-refractivity contribution >= 4 is 5.97 Å². The monoisotopic (exact) mass is 273 g/mol. The average Bonchev–Trinajstić information content (AvgIpc) is 2.82. The number of imidazole rings is 1. The lowest BCUT2D eigenvalue weighted by Gasteiger charge is -2.10. The van der Waals surface area contributed by atoms with Crippen LogP contribution in [0, 0.1) is 24.1 Å². The van der Waals surface area contributed by atoms with E-state index < -0.39 is 11.8 Å². The maximum Gasteiger partial charge on any atom is 0.356 e. The summed E-state index contributed by atoms with van der Waals surface area (Å²) >= 11 is 0. The van der Waals surface area contributed by atoms with Gasteiger partial charge in [0.25, 0.3) is 0 Å². The highest BCUT2D eigenvalue weighted by molar-refractivity contribution is 5.87. The molecular formula is C14H12FN3O2. The summed E-state index contributed by atoms with van der Waals surface area (Å²) in [5.74, 6) is -0.562. The second kappa shape index (κ2) is 5.53. The molecule has 0 aliphatic rings. The molecule has 2 aromatic rings. The molecule has 0 bridgehead atoms. The van der Waals surface area contributed by atoms with E-state index in [1.165, 1.54) is 19.4 Å². The fraction of sp³-hybridized carbons (Fsp3) is 0.214. The Kier molecular flexibility index (Phi) is 3.80. The summed E-state index contributed by atoms with van der Waals surface area (Å²) in [5, 5.41) is 8.82. The highest BCUT2D eigenvalue weighted by atomic mass is 19.1. The van der Waals surface area contributed by atoms with Crippen LogP contribution in [0.4, 0.5) is 4.39 Å². The van der Waals surface area contributed by atoms with Crippen LogP contribution in [0.5, 0.6) is 0 Å². The number of carbonyl (C=O) groups is 1. The Morgan fingerprint density at radius 3 is 2.95 bits per heavy atom. The van der Waals surface area contributed by atoms with Crippen molar-refractivity contribution in [2.45, 2.75) is 13.5 Å². The van der Waals surface area contributed by atoms with Crippen LogP contribution in [0.2, 0.25) is 0 Å². The summed E-state index contributed by atoms with van der Waals surface area (Å²) in [6.45, 7) is 1.82. The van der Waals surface area contributed by atoms with Gasteiger partial charge in [-0.25, -0.2) is 14.2 Å². The van der Waals surface area contributed by atoms with Gasteiger partial charge in [-0.05, 0) is 13.0 Å². The molecule has 0 saturated carbocycles. The summed E-state index contributed by atoms with van der Waals surface area (Å²) in [4.78, 5) is 15.6. The summed E-state index contributed by atoms with van der Waals surface area (Å²) in [6, 6.07) is 6.35. The number of hydrogen-bond donors (Lipinski definition) is 0. The molecule has 1 aromatic heterocycles. The molecule has 0 atom stereocenters. The number of halogens is 1. The first kappa shape index (κ1) is 13.7. The molecule has 20 heavy (non-hydrogen) atoms. The molecule has 2 rings (SSSR count). The molecule has 1 heterocycles. The van der Waals surface area contributed by atoms with Crippen molar-refractivity contribution in [2.24, 2.45) is 0 Å². The number of esters is 1. The van der Waals surface area contributed by atoms with Crippen molar-refractivity contribution in [1.82, 2.24) is 9.55 Å². The fourth-order valence-electron chi connectivity index (χ4n) is 1.89. The van der Waals surface area contributed by atoms with Gasteiger partial charge in [0.2, 0.25) is 0 Å². The molecule has 0 aliphatic carbocycles. The Morgan fingerprint density at radius 2 is 2.30 bits per heavy atom. The number of nitrogens with zero attached hydrogens (tertiary/aromatic N) is 3. The first-order valence-electron chi connectivity index (χ1n) is 5.86. The first-order valence-corrected chi connectivity index (χ1v) is 5.86. The number of nitriles is 1. The predicted octanol–water partition coefficient (Wildman–Crippen LogP) is 2.04. The third-order valence-corrected chi connectivity index (χ3v) is 2.98. The van der Waals surface area contributed by atoms with Crippen LogP contribution in [0.15, 0.2) is 24.4 Å². The minimum Gasteiger partial charge on any atom is -0.464 e. The van der Waals surface area contributed by atoms with E-state index in [4.69, 9.17) is 5.26 Å². The van der Waals surface area contributed by atoms with E-state index in [0.29, 0.717) is 11.4 Å². The van der Waals surface area contributed by atoms with Crippen LogP contribution in [0.25, 0.3) is 0 Å². The maximum atomic E-state index is 14.0. The van der Waals surface area contributed by atoms with Crippen LogP contribution in [0.1, 0.15) is 27.4 Å². The molecule has 5 nitrogen and oxygen atoms in total. The Hall–Kier alpha value is -2.68. The van der Waals surface area contributed by atoms with Crippen LogP contribution in [-0.4, -0.2) is 22.6 Å². The molecule has 0 fully saturated rings. The molecular weight excluding hydrogens is 261 g/mol. The van der Waals surface area contributed by atoms with E-state index in [0.717, 1.165) is 0 Å². The largest absolute Gasteiger partial charge is 0.464 e.